The van der Waals surface area contributed by atoms with Gasteiger partial charge in [-0.15, -0.1) is 0 Å². The Morgan fingerprint density at radius 1 is 1.58 bits per heavy atom. The average molecular weight is 174 g/mol. The molecule has 1 amide bonds. The van der Waals surface area contributed by atoms with E-state index in [0.29, 0.717) is 13.0 Å². The first-order chi connectivity index (χ1) is 5.69. The Kier molecular flexibility index (Phi) is 3.02. The SMILES string of the molecule is NC1CC(=O)N(C(CO)CO)C1. The Labute approximate surface area is 70.8 Å². The molecular formula is C7H14N2O3. The lowest BCUT2D eigenvalue weighted by atomic mass is 10.3. The van der Waals surface area contributed by atoms with Crippen LogP contribution in [0.3, 0.4) is 0 Å². The molecule has 0 spiro atoms. The highest BCUT2D eigenvalue weighted by molar-refractivity contribution is 5.79. The van der Waals surface area contributed by atoms with E-state index in [4.69, 9.17) is 15.9 Å². The van der Waals surface area contributed by atoms with Crippen LogP contribution in [0.1, 0.15) is 6.42 Å². The highest BCUT2D eigenvalue weighted by Gasteiger charge is 2.31. The number of aliphatic hydroxyl groups is 2. The molecule has 70 valence electrons. The molecule has 1 unspecified atom stereocenters. The van der Waals surface area contributed by atoms with Crippen LogP contribution in [0.5, 0.6) is 0 Å². The van der Waals surface area contributed by atoms with Gasteiger partial charge in [-0.1, -0.05) is 0 Å². The molecule has 0 aromatic rings. The van der Waals surface area contributed by atoms with Crippen molar-refractivity contribution in [3.05, 3.63) is 0 Å². The largest absolute Gasteiger partial charge is 0.394 e. The number of hydrogen-bond donors (Lipinski definition) is 3. The summed E-state index contributed by atoms with van der Waals surface area (Å²) in [4.78, 5) is 12.6. The second-order valence-electron chi connectivity index (χ2n) is 3.03. The van der Waals surface area contributed by atoms with Crippen molar-refractivity contribution in [3.63, 3.8) is 0 Å². The summed E-state index contributed by atoms with van der Waals surface area (Å²) >= 11 is 0. The van der Waals surface area contributed by atoms with Gasteiger partial charge in [0.25, 0.3) is 0 Å². The Hall–Kier alpha value is -0.650. The van der Waals surface area contributed by atoms with Crippen LogP contribution in [0.4, 0.5) is 0 Å². The Bertz CT molecular complexity index is 170. The lowest BCUT2D eigenvalue weighted by Gasteiger charge is -2.24. The normalized spacial score (nSPS) is 24.2. The number of rotatable bonds is 3. The lowest BCUT2D eigenvalue weighted by molar-refractivity contribution is -0.131. The highest BCUT2D eigenvalue weighted by atomic mass is 16.3. The van der Waals surface area contributed by atoms with E-state index in [1.807, 2.05) is 0 Å². The summed E-state index contributed by atoms with van der Waals surface area (Å²) in [6.07, 6.45) is 0.316. The maximum absolute atomic E-state index is 11.2. The van der Waals surface area contributed by atoms with Crippen molar-refractivity contribution in [2.24, 2.45) is 5.73 Å². The van der Waals surface area contributed by atoms with Crippen LogP contribution >= 0.6 is 0 Å². The van der Waals surface area contributed by atoms with Gasteiger partial charge in [-0.05, 0) is 0 Å². The first kappa shape index (κ1) is 9.44. The topological polar surface area (TPSA) is 86.8 Å². The predicted octanol–water partition coefficient (Wildman–Crippen LogP) is -2.10. The molecule has 1 aliphatic heterocycles. The molecule has 1 heterocycles. The van der Waals surface area contributed by atoms with Gasteiger partial charge in [-0.3, -0.25) is 4.79 Å². The summed E-state index contributed by atoms with van der Waals surface area (Å²) in [6.45, 7) is 0.00847. The molecule has 4 N–H and O–H groups in total. The van der Waals surface area contributed by atoms with Crippen molar-refractivity contribution in [1.82, 2.24) is 4.90 Å². The Balaban J connectivity index is 2.56. The zero-order valence-corrected chi connectivity index (χ0v) is 6.81. The molecule has 0 saturated carbocycles. The maximum Gasteiger partial charge on any atom is 0.224 e. The third-order valence-corrected chi connectivity index (χ3v) is 2.05. The average Bonchev–Trinajstić information content (AvgIpc) is 2.34. The summed E-state index contributed by atoms with van der Waals surface area (Å²) in [5, 5.41) is 17.6. The second-order valence-corrected chi connectivity index (χ2v) is 3.03. The van der Waals surface area contributed by atoms with Crippen LogP contribution in [0, 0.1) is 0 Å². The van der Waals surface area contributed by atoms with Crippen molar-refractivity contribution in [2.45, 2.75) is 18.5 Å². The van der Waals surface area contributed by atoms with Crippen molar-refractivity contribution in [2.75, 3.05) is 19.8 Å². The van der Waals surface area contributed by atoms with E-state index in [2.05, 4.69) is 0 Å². The molecular weight excluding hydrogens is 160 g/mol. The zero-order chi connectivity index (χ0) is 9.14. The number of amides is 1. The van der Waals surface area contributed by atoms with Crippen LogP contribution in [0.25, 0.3) is 0 Å². The summed E-state index contributed by atoms with van der Waals surface area (Å²) < 4.78 is 0. The number of carbonyl (C=O) groups is 1. The maximum atomic E-state index is 11.2. The first-order valence-corrected chi connectivity index (χ1v) is 3.95. The smallest absolute Gasteiger partial charge is 0.224 e. The van der Waals surface area contributed by atoms with Crippen molar-refractivity contribution < 1.29 is 15.0 Å². The van der Waals surface area contributed by atoms with Gasteiger partial charge in [0.05, 0.1) is 19.3 Å². The third-order valence-electron chi connectivity index (χ3n) is 2.05. The molecule has 1 atom stereocenters. The monoisotopic (exact) mass is 174 g/mol. The zero-order valence-electron chi connectivity index (χ0n) is 6.81. The summed E-state index contributed by atoms with van der Waals surface area (Å²) in [5.41, 5.74) is 5.54. The standard InChI is InChI=1S/C7H14N2O3/c8-5-1-7(12)9(2-5)6(3-10)4-11/h5-6,10-11H,1-4,8H2. The minimum atomic E-state index is -0.481. The van der Waals surface area contributed by atoms with E-state index in [1.54, 1.807) is 0 Å². The first-order valence-electron chi connectivity index (χ1n) is 3.95. The van der Waals surface area contributed by atoms with Crippen molar-refractivity contribution >= 4 is 5.91 Å². The fourth-order valence-electron chi connectivity index (χ4n) is 1.37. The van der Waals surface area contributed by atoms with E-state index >= 15 is 0 Å². The van der Waals surface area contributed by atoms with Crippen LogP contribution < -0.4 is 5.73 Å². The molecule has 0 aliphatic carbocycles. The van der Waals surface area contributed by atoms with E-state index in [1.165, 1.54) is 4.90 Å². The van der Waals surface area contributed by atoms with Crippen molar-refractivity contribution in [3.8, 4) is 0 Å². The number of hydrogen-bond acceptors (Lipinski definition) is 4. The molecule has 5 nitrogen and oxygen atoms in total. The Morgan fingerprint density at radius 2 is 2.17 bits per heavy atom. The molecule has 0 aromatic carbocycles. The molecule has 1 saturated heterocycles. The molecule has 0 aromatic heterocycles. The molecule has 1 rings (SSSR count). The summed E-state index contributed by atoms with van der Waals surface area (Å²) in [7, 11) is 0. The van der Waals surface area contributed by atoms with E-state index < -0.39 is 6.04 Å². The minimum Gasteiger partial charge on any atom is -0.394 e. The van der Waals surface area contributed by atoms with Gasteiger partial charge >= 0.3 is 0 Å². The van der Waals surface area contributed by atoms with Crippen LogP contribution in [0.15, 0.2) is 0 Å². The summed E-state index contributed by atoms with van der Waals surface area (Å²) in [6, 6.07) is -0.635. The van der Waals surface area contributed by atoms with Gasteiger partial charge in [-0.2, -0.15) is 0 Å². The number of carbonyl (C=O) groups excluding carboxylic acids is 1. The highest BCUT2D eigenvalue weighted by Crippen LogP contribution is 2.12. The number of nitrogens with two attached hydrogens (primary N) is 1. The number of likely N-dealkylation sites (tertiary alicyclic amines) is 1. The van der Waals surface area contributed by atoms with E-state index in [9.17, 15) is 4.79 Å². The molecule has 5 heteroatoms. The number of nitrogens with zero attached hydrogens (tertiary/aromatic N) is 1. The summed E-state index contributed by atoms with van der Waals surface area (Å²) in [5.74, 6) is -0.0874. The van der Waals surface area contributed by atoms with Gasteiger partial charge in [0.1, 0.15) is 0 Å². The minimum absolute atomic E-state index is 0.0874. The van der Waals surface area contributed by atoms with Gasteiger partial charge in [0, 0.05) is 19.0 Å². The van der Waals surface area contributed by atoms with Crippen molar-refractivity contribution in [1.29, 1.82) is 0 Å². The molecule has 1 fully saturated rings. The lowest BCUT2D eigenvalue weighted by Crippen LogP contribution is -2.42. The van der Waals surface area contributed by atoms with Gasteiger partial charge in [-0.25, -0.2) is 0 Å². The predicted molar refractivity (Wildman–Crippen MR) is 42.3 cm³/mol. The Morgan fingerprint density at radius 3 is 2.50 bits per heavy atom. The molecule has 0 bridgehead atoms. The molecule has 0 radical (unpaired) electrons. The van der Waals surface area contributed by atoms with E-state index in [-0.39, 0.29) is 25.2 Å². The second kappa shape index (κ2) is 3.84. The van der Waals surface area contributed by atoms with Crippen LogP contribution in [-0.2, 0) is 4.79 Å². The quantitative estimate of drug-likeness (QED) is 0.457. The third kappa shape index (κ3) is 1.74. The van der Waals surface area contributed by atoms with Crippen LogP contribution in [-0.4, -0.2) is 52.9 Å². The molecule has 12 heavy (non-hydrogen) atoms. The van der Waals surface area contributed by atoms with Gasteiger partial charge in [0.15, 0.2) is 0 Å². The van der Waals surface area contributed by atoms with Gasteiger partial charge in [0.2, 0.25) is 5.91 Å². The van der Waals surface area contributed by atoms with Crippen LogP contribution in [0.2, 0.25) is 0 Å². The number of aliphatic hydroxyl groups excluding tert-OH is 2. The van der Waals surface area contributed by atoms with E-state index in [0.717, 1.165) is 0 Å². The van der Waals surface area contributed by atoms with Gasteiger partial charge < -0.3 is 20.8 Å². The fourth-order valence-corrected chi connectivity index (χ4v) is 1.37. The molecule has 1 aliphatic rings. The fraction of sp³-hybridized carbons (Fsp3) is 0.857.